The molecule has 0 aliphatic carbocycles. The number of hydrogen-bond donors (Lipinski definition) is 1. The highest BCUT2D eigenvalue weighted by Gasteiger charge is 2.30. The molecule has 1 unspecified atom stereocenters. The van der Waals surface area contributed by atoms with Crippen molar-refractivity contribution in [3.63, 3.8) is 0 Å². The maximum absolute atomic E-state index is 5.37. The second-order valence-corrected chi connectivity index (χ2v) is 4.61. The molecule has 1 heterocycles. The van der Waals surface area contributed by atoms with Crippen LogP contribution >= 0.6 is 0 Å². The molecule has 1 aliphatic rings. The first-order valence-electron chi connectivity index (χ1n) is 5.61. The van der Waals surface area contributed by atoms with Crippen LogP contribution in [0.1, 0.15) is 18.9 Å². The number of anilines is 1. The Morgan fingerprint density at radius 2 is 2.19 bits per heavy atom. The smallest absolute Gasteiger partial charge is 0.124 e. The molecule has 1 aromatic rings. The van der Waals surface area contributed by atoms with E-state index in [1.54, 1.807) is 14.2 Å². The summed E-state index contributed by atoms with van der Waals surface area (Å²) in [5, 5.41) is 3.54. The fourth-order valence-electron chi connectivity index (χ4n) is 2.35. The molecule has 2 rings (SSSR count). The number of benzene rings is 1. The van der Waals surface area contributed by atoms with Gasteiger partial charge in [0.05, 0.1) is 19.3 Å². The molecule has 0 saturated carbocycles. The molecule has 88 valence electrons. The predicted molar refractivity (Wildman–Crippen MR) is 65.2 cm³/mol. The molecule has 1 aliphatic heterocycles. The van der Waals surface area contributed by atoms with Gasteiger partial charge in [-0.15, -0.1) is 0 Å². The maximum atomic E-state index is 5.37. The maximum Gasteiger partial charge on any atom is 0.124 e. The van der Waals surface area contributed by atoms with Crippen LogP contribution in [0, 0.1) is 0 Å². The van der Waals surface area contributed by atoms with Crippen LogP contribution < -0.4 is 10.1 Å². The van der Waals surface area contributed by atoms with Crippen molar-refractivity contribution in [1.82, 2.24) is 0 Å². The highest BCUT2D eigenvalue weighted by molar-refractivity contribution is 5.60. The van der Waals surface area contributed by atoms with Gasteiger partial charge in [-0.3, -0.25) is 0 Å². The van der Waals surface area contributed by atoms with Gasteiger partial charge in [0.25, 0.3) is 0 Å². The Balaban J connectivity index is 2.28. The SMILES string of the molecule is COCC1(C)CCc2c(cccc2OC)N1. The molecule has 0 spiro atoms. The van der Waals surface area contributed by atoms with E-state index in [1.807, 2.05) is 12.1 Å². The number of ether oxygens (including phenoxy) is 2. The highest BCUT2D eigenvalue weighted by Crippen LogP contribution is 2.36. The number of methoxy groups -OCH3 is 2. The van der Waals surface area contributed by atoms with Crippen LogP contribution in [0.2, 0.25) is 0 Å². The van der Waals surface area contributed by atoms with Gasteiger partial charge in [-0.1, -0.05) is 6.07 Å². The van der Waals surface area contributed by atoms with Crippen LogP contribution in [-0.4, -0.2) is 26.4 Å². The van der Waals surface area contributed by atoms with Gasteiger partial charge in [0, 0.05) is 18.4 Å². The zero-order valence-corrected chi connectivity index (χ0v) is 10.2. The number of rotatable bonds is 3. The molecule has 0 fully saturated rings. The molecule has 3 nitrogen and oxygen atoms in total. The summed E-state index contributed by atoms with van der Waals surface area (Å²) in [6.07, 6.45) is 2.10. The van der Waals surface area contributed by atoms with Gasteiger partial charge in [0.15, 0.2) is 0 Å². The van der Waals surface area contributed by atoms with E-state index in [0.717, 1.165) is 25.2 Å². The Kier molecular flexibility index (Phi) is 3.06. The Morgan fingerprint density at radius 3 is 2.88 bits per heavy atom. The van der Waals surface area contributed by atoms with Crippen LogP contribution in [0.15, 0.2) is 18.2 Å². The molecule has 0 bridgehead atoms. The van der Waals surface area contributed by atoms with Crippen molar-refractivity contribution in [2.24, 2.45) is 0 Å². The van der Waals surface area contributed by atoms with Crippen LogP contribution in [0.3, 0.4) is 0 Å². The summed E-state index contributed by atoms with van der Waals surface area (Å²) in [5.41, 5.74) is 2.48. The van der Waals surface area contributed by atoms with Crippen molar-refractivity contribution >= 4 is 5.69 Å². The van der Waals surface area contributed by atoms with E-state index in [-0.39, 0.29) is 5.54 Å². The van der Waals surface area contributed by atoms with Gasteiger partial charge < -0.3 is 14.8 Å². The minimum atomic E-state index is 0.0358. The highest BCUT2D eigenvalue weighted by atomic mass is 16.5. The van der Waals surface area contributed by atoms with Crippen LogP contribution in [0.4, 0.5) is 5.69 Å². The van der Waals surface area contributed by atoms with Gasteiger partial charge in [-0.25, -0.2) is 0 Å². The lowest BCUT2D eigenvalue weighted by molar-refractivity contribution is 0.144. The van der Waals surface area contributed by atoms with E-state index >= 15 is 0 Å². The molecule has 0 aromatic heterocycles. The summed E-state index contributed by atoms with van der Waals surface area (Å²) in [6.45, 7) is 2.92. The molecule has 0 radical (unpaired) electrons. The molecule has 1 aromatic carbocycles. The topological polar surface area (TPSA) is 30.5 Å². The zero-order valence-electron chi connectivity index (χ0n) is 10.2. The second-order valence-electron chi connectivity index (χ2n) is 4.61. The van der Waals surface area contributed by atoms with Crippen molar-refractivity contribution in [2.75, 3.05) is 26.1 Å². The minimum absolute atomic E-state index is 0.0358. The lowest BCUT2D eigenvalue weighted by Crippen LogP contribution is -2.42. The van der Waals surface area contributed by atoms with Gasteiger partial charge in [-0.2, -0.15) is 0 Å². The van der Waals surface area contributed by atoms with E-state index in [1.165, 1.54) is 11.3 Å². The van der Waals surface area contributed by atoms with Gasteiger partial charge in [0.2, 0.25) is 0 Å². The third-order valence-electron chi connectivity index (χ3n) is 3.18. The van der Waals surface area contributed by atoms with Crippen molar-refractivity contribution in [3.8, 4) is 5.75 Å². The average molecular weight is 221 g/mol. The summed E-state index contributed by atoms with van der Waals surface area (Å²) in [4.78, 5) is 0. The van der Waals surface area contributed by atoms with Crippen molar-refractivity contribution in [2.45, 2.75) is 25.3 Å². The molecule has 3 heteroatoms. The number of fused-ring (bicyclic) bond motifs is 1. The van der Waals surface area contributed by atoms with E-state index in [4.69, 9.17) is 9.47 Å². The van der Waals surface area contributed by atoms with E-state index in [2.05, 4.69) is 18.3 Å². The summed E-state index contributed by atoms with van der Waals surface area (Å²) < 4.78 is 10.6. The molecule has 0 saturated heterocycles. The fraction of sp³-hybridized carbons (Fsp3) is 0.538. The average Bonchev–Trinajstić information content (AvgIpc) is 2.27. The van der Waals surface area contributed by atoms with E-state index < -0.39 is 0 Å². The third kappa shape index (κ3) is 2.00. The number of nitrogens with one attached hydrogen (secondary N) is 1. The Labute approximate surface area is 96.8 Å². The minimum Gasteiger partial charge on any atom is -0.496 e. The first-order valence-corrected chi connectivity index (χ1v) is 5.61. The van der Waals surface area contributed by atoms with E-state index in [9.17, 15) is 0 Å². The van der Waals surface area contributed by atoms with Crippen molar-refractivity contribution < 1.29 is 9.47 Å². The van der Waals surface area contributed by atoms with Crippen molar-refractivity contribution in [3.05, 3.63) is 23.8 Å². The molecule has 16 heavy (non-hydrogen) atoms. The lowest BCUT2D eigenvalue weighted by atomic mass is 9.88. The quantitative estimate of drug-likeness (QED) is 0.850. The summed E-state index contributed by atoms with van der Waals surface area (Å²) in [6, 6.07) is 6.13. The standard InChI is InChI=1S/C13H19NO2/c1-13(9-15-2)8-7-10-11(14-13)5-4-6-12(10)16-3/h4-6,14H,7-9H2,1-3H3. The third-order valence-corrected chi connectivity index (χ3v) is 3.18. The summed E-state index contributed by atoms with van der Waals surface area (Å²) >= 11 is 0. The Morgan fingerprint density at radius 1 is 1.38 bits per heavy atom. The molecular weight excluding hydrogens is 202 g/mol. The Bertz CT molecular complexity index is 378. The summed E-state index contributed by atoms with van der Waals surface area (Å²) in [7, 11) is 3.46. The predicted octanol–water partition coefficient (Wildman–Crippen LogP) is 2.46. The molecule has 0 amide bonds. The first kappa shape index (κ1) is 11.3. The van der Waals surface area contributed by atoms with E-state index in [0.29, 0.717) is 0 Å². The van der Waals surface area contributed by atoms with Crippen LogP contribution in [0.5, 0.6) is 5.75 Å². The fourth-order valence-corrected chi connectivity index (χ4v) is 2.35. The van der Waals surface area contributed by atoms with Crippen LogP contribution in [-0.2, 0) is 11.2 Å². The van der Waals surface area contributed by atoms with Gasteiger partial charge in [-0.05, 0) is 31.9 Å². The van der Waals surface area contributed by atoms with Gasteiger partial charge in [0.1, 0.15) is 5.75 Å². The van der Waals surface area contributed by atoms with Crippen LogP contribution in [0.25, 0.3) is 0 Å². The largest absolute Gasteiger partial charge is 0.496 e. The molecule has 1 atom stereocenters. The lowest BCUT2D eigenvalue weighted by Gasteiger charge is -2.36. The van der Waals surface area contributed by atoms with Crippen molar-refractivity contribution in [1.29, 1.82) is 0 Å². The molecular formula is C13H19NO2. The summed E-state index contributed by atoms with van der Waals surface area (Å²) in [5.74, 6) is 0.976. The molecule has 1 N–H and O–H groups in total. The normalized spacial score (nSPS) is 23.4. The second kappa shape index (κ2) is 4.34. The van der Waals surface area contributed by atoms with Gasteiger partial charge >= 0.3 is 0 Å². The zero-order chi connectivity index (χ0) is 11.6. The first-order chi connectivity index (χ1) is 7.68. The Hall–Kier alpha value is -1.22. The number of hydrogen-bond acceptors (Lipinski definition) is 3. The monoisotopic (exact) mass is 221 g/mol.